The molecule has 4 nitrogen and oxygen atoms in total. The first-order valence-electron chi connectivity index (χ1n) is 5.27. The molecule has 0 aliphatic carbocycles. The van der Waals surface area contributed by atoms with Gasteiger partial charge in [-0.05, 0) is 6.92 Å². The summed E-state index contributed by atoms with van der Waals surface area (Å²) in [6, 6.07) is 0. The third-order valence-electron chi connectivity index (χ3n) is 2.75. The van der Waals surface area contributed by atoms with Gasteiger partial charge in [-0.15, -0.1) is 0 Å². The van der Waals surface area contributed by atoms with Crippen LogP contribution in [-0.2, 0) is 7.05 Å². The number of thioether (sulfide) groups is 1. The van der Waals surface area contributed by atoms with E-state index in [1.165, 1.54) is 0 Å². The highest BCUT2D eigenvalue weighted by Crippen LogP contribution is 2.25. The van der Waals surface area contributed by atoms with Gasteiger partial charge < -0.3 is 10.6 Å². The van der Waals surface area contributed by atoms with Crippen LogP contribution in [-0.4, -0.2) is 39.4 Å². The molecule has 16 heavy (non-hydrogen) atoms. The number of nitrogens with two attached hydrogens (primary N) is 1. The molecule has 1 saturated heterocycles. The Balaban J connectivity index is 2.41. The number of hydrogen-bond donors (Lipinski definition) is 1. The van der Waals surface area contributed by atoms with E-state index in [9.17, 15) is 0 Å². The molecule has 1 aliphatic rings. The van der Waals surface area contributed by atoms with E-state index in [4.69, 9.17) is 18.0 Å². The van der Waals surface area contributed by atoms with E-state index < -0.39 is 0 Å². The maximum absolute atomic E-state index is 5.78. The third kappa shape index (κ3) is 2.04. The fourth-order valence-corrected chi connectivity index (χ4v) is 3.21. The lowest BCUT2D eigenvalue weighted by Gasteiger charge is -2.29. The van der Waals surface area contributed by atoms with E-state index in [1.54, 1.807) is 0 Å². The van der Waals surface area contributed by atoms with E-state index >= 15 is 0 Å². The van der Waals surface area contributed by atoms with Crippen molar-refractivity contribution in [3.8, 4) is 0 Å². The molecule has 0 amide bonds. The van der Waals surface area contributed by atoms with Crippen molar-refractivity contribution in [1.82, 2.24) is 9.78 Å². The molecule has 6 heteroatoms. The van der Waals surface area contributed by atoms with Crippen molar-refractivity contribution >= 4 is 34.8 Å². The van der Waals surface area contributed by atoms with Crippen LogP contribution in [0.3, 0.4) is 0 Å². The Morgan fingerprint density at radius 2 is 2.06 bits per heavy atom. The fourth-order valence-electron chi connectivity index (χ4n) is 2.07. The molecule has 2 heterocycles. The average Bonchev–Trinajstić information content (AvgIpc) is 2.55. The van der Waals surface area contributed by atoms with E-state index in [2.05, 4.69) is 10.00 Å². The number of rotatable bonds is 2. The SMILES string of the molecule is Cc1nn(C)c(N2CCSCC2)c1C(N)=S. The van der Waals surface area contributed by atoms with Gasteiger partial charge in [0.2, 0.25) is 0 Å². The second kappa shape index (κ2) is 4.63. The first-order chi connectivity index (χ1) is 7.61. The van der Waals surface area contributed by atoms with Gasteiger partial charge in [0, 0.05) is 31.6 Å². The molecule has 1 fully saturated rings. The van der Waals surface area contributed by atoms with Crippen molar-refractivity contribution in [2.24, 2.45) is 12.8 Å². The van der Waals surface area contributed by atoms with Crippen LogP contribution >= 0.6 is 24.0 Å². The molecule has 0 unspecified atom stereocenters. The minimum atomic E-state index is 0.443. The summed E-state index contributed by atoms with van der Waals surface area (Å²) in [6.07, 6.45) is 0. The molecular formula is C10H16N4S2. The zero-order valence-electron chi connectivity index (χ0n) is 9.56. The molecule has 2 N–H and O–H groups in total. The monoisotopic (exact) mass is 256 g/mol. The van der Waals surface area contributed by atoms with Crippen molar-refractivity contribution in [3.05, 3.63) is 11.3 Å². The summed E-state index contributed by atoms with van der Waals surface area (Å²) < 4.78 is 1.89. The number of thiocarbonyl (C=S) groups is 1. The second-order valence-corrected chi connectivity index (χ2v) is 5.54. The molecule has 2 rings (SSSR count). The maximum atomic E-state index is 5.78. The quantitative estimate of drug-likeness (QED) is 0.797. The number of aryl methyl sites for hydroxylation is 2. The van der Waals surface area contributed by atoms with Crippen LogP contribution in [0, 0.1) is 6.92 Å². The Hall–Kier alpha value is -0.750. The molecule has 1 aromatic heterocycles. The van der Waals surface area contributed by atoms with Crippen molar-refractivity contribution in [2.75, 3.05) is 29.5 Å². The van der Waals surface area contributed by atoms with Gasteiger partial charge in [-0.1, -0.05) is 12.2 Å². The van der Waals surface area contributed by atoms with Crippen molar-refractivity contribution < 1.29 is 0 Å². The van der Waals surface area contributed by atoms with Crippen LogP contribution in [0.5, 0.6) is 0 Å². The highest BCUT2D eigenvalue weighted by Gasteiger charge is 2.22. The topological polar surface area (TPSA) is 47.1 Å². The second-order valence-electron chi connectivity index (χ2n) is 3.87. The molecule has 1 aliphatic heterocycles. The number of aromatic nitrogens is 2. The van der Waals surface area contributed by atoms with Crippen molar-refractivity contribution in [3.63, 3.8) is 0 Å². The van der Waals surface area contributed by atoms with E-state index in [-0.39, 0.29) is 0 Å². The normalized spacial score (nSPS) is 16.5. The molecule has 0 saturated carbocycles. The van der Waals surface area contributed by atoms with Crippen LogP contribution in [0.1, 0.15) is 11.3 Å². The Morgan fingerprint density at radius 3 is 2.62 bits per heavy atom. The Morgan fingerprint density at radius 1 is 1.44 bits per heavy atom. The zero-order chi connectivity index (χ0) is 11.7. The van der Waals surface area contributed by atoms with Crippen molar-refractivity contribution in [2.45, 2.75) is 6.92 Å². The minimum Gasteiger partial charge on any atom is -0.389 e. The molecule has 0 spiro atoms. The molecule has 0 aromatic carbocycles. The van der Waals surface area contributed by atoms with Crippen LogP contribution in [0.15, 0.2) is 0 Å². The van der Waals surface area contributed by atoms with Crippen molar-refractivity contribution in [1.29, 1.82) is 0 Å². The smallest absolute Gasteiger partial charge is 0.137 e. The van der Waals surface area contributed by atoms with Gasteiger partial charge in [-0.25, -0.2) is 0 Å². The highest BCUT2D eigenvalue weighted by atomic mass is 32.2. The first-order valence-corrected chi connectivity index (χ1v) is 6.83. The fraction of sp³-hybridized carbons (Fsp3) is 0.600. The van der Waals surface area contributed by atoms with Crippen LogP contribution < -0.4 is 10.6 Å². The van der Waals surface area contributed by atoms with E-state index in [0.717, 1.165) is 41.7 Å². The molecule has 1 aromatic rings. The zero-order valence-corrected chi connectivity index (χ0v) is 11.2. The molecule has 0 radical (unpaired) electrons. The van der Waals surface area contributed by atoms with Gasteiger partial charge in [0.05, 0.1) is 11.3 Å². The summed E-state index contributed by atoms with van der Waals surface area (Å²) in [5.41, 5.74) is 7.64. The molecule has 0 atom stereocenters. The summed E-state index contributed by atoms with van der Waals surface area (Å²) in [7, 11) is 1.95. The molecular weight excluding hydrogens is 240 g/mol. The lowest BCUT2D eigenvalue weighted by molar-refractivity contribution is 0.714. The standard InChI is InChI=1S/C10H16N4S2/c1-7-8(9(11)15)10(13(2)12-7)14-3-5-16-6-4-14/h3-6H2,1-2H3,(H2,11,15). The summed E-state index contributed by atoms with van der Waals surface area (Å²) in [6.45, 7) is 4.04. The highest BCUT2D eigenvalue weighted by molar-refractivity contribution is 7.99. The van der Waals surface area contributed by atoms with Crippen LogP contribution in [0.25, 0.3) is 0 Å². The average molecular weight is 256 g/mol. The van der Waals surface area contributed by atoms with Gasteiger partial charge in [0.1, 0.15) is 10.8 Å². The van der Waals surface area contributed by atoms with Gasteiger partial charge >= 0.3 is 0 Å². The number of nitrogens with zero attached hydrogens (tertiary/aromatic N) is 3. The van der Waals surface area contributed by atoms with Crippen LogP contribution in [0.2, 0.25) is 0 Å². The predicted molar refractivity (Wildman–Crippen MR) is 73.4 cm³/mol. The van der Waals surface area contributed by atoms with Gasteiger partial charge in [0.15, 0.2) is 0 Å². The Labute approximate surface area is 105 Å². The van der Waals surface area contributed by atoms with E-state index in [1.807, 2.05) is 30.4 Å². The lowest BCUT2D eigenvalue weighted by atomic mass is 10.2. The largest absolute Gasteiger partial charge is 0.389 e. The Bertz CT molecular complexity index is 407. The number of hydrogen-bond acceptors (Lipinski definition) is 4. The minimum absolute atomic E-state index is 0.443. The lowest BCUT2D eigenvalue weighted by Crippen LogP contribution is -2.35. The number of anilines is 1. The summed E-state index contributed by atoms with van der Waals surface area (Å²) >= 11 is 7.10. The molecule has 0 bridgehead atoms. The van der Waals surface area contributed by atoms with Gasteiger partial charge in [-0.3, -0.25) is 4.68 Å². The third-order valence-corrected chi connectivity index (χ3v) is 3.90. The van der Waals surface area contributed by atoms with Gasteiger partial charge in [0.25, 0.3) is 0 Å². The maximum Gasteiger partial charge on any atom is 0.137 e. The summed E-state index contributed by atoms with van der Waals surface area (Å²) in [5, 5.41) is 4.41. The summed E-state index contributed by atoms with van der Waals surface area (Å²) in [5.74, 6) is 3.38. The van der Waals surface area contributed by atoms with Gasteiger partial charge in [-0.2, -0.15) is 16.9 Å². The molecule has 88 valence electrons. The Kier molecular flexibility index (Phi) is 3.39. The summed E-state index contributed by atoms with van der Waals surface area (Å²) in [4.78, 5) is 2.77. The van der Waals surface area contributed by atoms with E-state index in [0.29, 0.717) is 4.99 Å². The predicted octanol–water partition coefficient (Wildman–Crippen LogP) is 0.916. The van der Waals surface area contributed by atoms with Crippen LogP contribution in [0.4, 0.5) is 5.82 Å². The first kappa shape index (κ1) is 11.7.